The van der Waals surface area contributed by atoms with Gasteiger partial charge in [-0.1, -0.05) is 12.1 Å². The van der Waals surface area contributed by atoms with Gasteiger partial charge in [-0.2, -0.15) is 0 Å². The van der Waals surface area contributed by atoms with Crippen molar-refractivity contribution >= 4 is 5.78 Å². The molecule has 82 valence electrons. The molecule has 0 aliphatic heterocycles. The lowest BCUT2D eigenvalue weighted by Gasteiger charge is -2.13. The van der Waals surface area contributed by atoms with Gasteiger partial charge in [-0.25, -0.2) is 4.39 Å². The van der Waals surface area contributed by atoms with Gasteiger partial charge in [-0.15, -0.1) is 0 Å². The highest BCUT2D eigenvalue weighted by Gasteiger charge is 2.12. The van der Waals surface area contributed by atoms with Crippen LogP contribution in [0.15, 0.2) is 24.3 Å². The van der Waals surface area contributed by atoms with E-state index in [1.807, 2.05) is 0 Å². The zero-order valence-electron chi connectivity index (χ0n) is 8.61. The van der Waals surface area contributed by atoms with Gasteiger partial charge in [0.25, 0.3) is 0 Å². The average molecular weight is 211 g/mol. The number of halogens is 1. The second kappa shape index (κ2) is 5.58. The molecule has 3 nitrogen and oxygen atoms in total. The molecule has 0 heterocycles. The van der Waals surface area contributed by atoms with Crippen molar-refractivity contribution in [2.75, 3.05) is 26.7 Å². The molecule has 15 heavy (non-hydrogen) atoms. The van der Waals surface area contributed by atoms with Gasteiger partial charge in [0.05, 0.1) is 18.7 Å². The Morgan fingerprint density at radius 2 is 2.13 bits per heavy atom. The molecule has 1 N–H and O–H groups in total. The van der Waals surface area contributed by atoms with E-state index in [2.05, 4.69) is 0 Å². The summed E-state index contributed by atoms with van der Waals surface area (Å²) < 4.78 is 13.2. The van der Waals surface area contributed by atoms with Crippen molar-refractivity contribution in [2.24, 2.45) is 0 Å². The molecule has 0 bridgehead atoms. The third-order valence-electron chi connectivity index (χ3n) is 2.07. The summed E-state index contributed by atoms with van der Waals surface area (Å²) in [5.74, 6) is -0.774. The summed E-state index contributed by atoms with van der Waals surface area (Å²) in [4.78, 5) is 13.2. The first-order valence-electron chi connectivity index (χ1n) is 4.72. The fraction of sp³-hybridized carbons (Fsp3) is 0.364. The van der Waals surface area contributed by atoms with Gasteiger partial charge in [0.2, 0.25) is 0 Å². The van der Waals surface area contributed by atoms with E-state index in [4.69, 9.17) is 5.11 Å². The molecule has 0 fully saturated rings. The van der Waals surface area contributed by atoms with E-state index >= 15 is 0 Å². The normalized spacial score (nSPS) is 10.7. The average Bonchev–Trinajstić information content (AvgIpc) is 2.18. The Labute approximate surface area is 88.1 Å². The monoisotopic (exact) mass is 211 g/mol. The summed E-state index contributed by atoms with van der Waals surface area (Å²) in [5.41, 5.74) is 0.0993. The van der Waals surface area contributed by atoms with Gasteiger partial charge < -0.3 is 5.11 Å². The van der Waals surface area contributed by atoms with Crippen LogP contribution in [-0.2, 0) is 0 Å². The fourth-order valence-electron chi connectivity index (χ4n) is 1.27. The van der Waals surface area contributed by atoms with Gasteiger partial charge in [-0.3, -0.25) is 9.69 Å². The minimum atomic E-state index is -0.500. The number of carbonyl (C=O) groups excluding carboxylic acids is 1. The maximum absolute atomic E-state index is 13.2. The molecule has 0 spiro atoms. The standard InChI is InChI=1S/C11H14FNO2/c1-13(6-7-14)8-11(15)9-4-2-3-5-10(9)12/h2-5,14H,6-8H2,1H3. The number of hydrogen-bond acceptors (Lipinski definition) is 3. The summed E-state index contributed by atoms with van der Waals surface area (Å²) in [6, 6.07) is 5.90. The van der Waals surface area contributed by atoms with Gasteiger partial charge >= 0.3 is 0 Å². The Morgan fingerprint density at radius 3 is 2.73 bits per heavy atom. The number of aliphatic hydroxyl groups is 1. The lowest BCUT2D eigenvalue weighted by atomic mass is 10.1. The molecule has 0 atom stereocenters. The number of aliphatic hydroxyl groups excluding tert-OH is 1. The van der Waals surface area contributed by atoms with E-state index in [9.17, 15) is 9.18 Å². The first-order chi connectivity index (χ1) is 7.15. The van der Waals surface area contributed by atoms with E-state index in [-0.39, 0.29) is 24.5 Å². The number of benzene rings is 1. The Morgan fingerprint density at radius 1 is 1.47 bits per heavy atom. The second-order valence-electron chi connectivity index (χ2n) is 3.36. The van der Waals surface area contributed by atoms with Gasteiger partial charge in [-0.05, 0) is 19.2 Å². The zero-order valence-corrected chi connectivity index (χ0v) is 8.61. The Balaban J connectivity index is 2.65. The summed E-state index contributed by atoms with van der Waals surface area (Å²) >= 11 is 0. The van der Waals surface area contributed by atoms with Crippen LogP contribution in [0.3, 0.4) is 0 Å². The number of ketones is 1. The number of likely N-dealkylation sites (N-methyl/N-ethyl adjacent to an activating group) is 1. The maximum Gasteiger partial charge on any atom is 0.179 e. The second-order valence-corrected chi connectivity index (χ2v) is 3.36. The van der Waals surface area contributed by atoms with Gasteiger partial charge in [0.15, 0.2) is 5.78 Å². The highest BCUT2D eigenvalue weighted by molar-refractivity contribution is 5.97. The molecule has 0 amide bonds. The summed E-state index contributed by atoms with van der Waals surface area (Å²) in [7, 11) is 1.70. The third kappa shape index (κ3) is 3.42. The van der Waals surface area contributed by atoms with Crippen LogP contribution in [0.2, 0.25) is 0 Å². The molecule has 1 aromatic rings. The van der Waals surface area contributed by atoms with E-state index in [0.29, 0.717) is 6.54 Å². The topological polar surface area (TPSA) is 40.5 Å². The van der Waals surface area contributed by atoms with Crippen LogP contribution in [0.5, 0.6) is 0 Å². The van der Waals surface area contributed by atoms with Crippen LogP contribution >= 0.6 is 0 Å². The van der Waals surface area contributed by atoms with Gasteiger partial charge in [0.1, 0.15) is 5.82 Å². The molecular weight excluding hydrogens is 197 g/mol. The number of Topliss-reactive ketones (excluding diaryl/α,β-unsaturated/α-hetero) is 1. The summed E-state index contributed by atoms with van der Waals surface area (Å²) in [5, 5.41) is 8.65. The highest BCUT2D eigenvalue weighted by Crippen LogP contribution is 2.07. The highest BCUT2D eigenvalue weighted by atomic mass is 19.1. The van der Waals surface area contributed by atoms with Crippen molar-refractivity contribution in [3.05, 3.63) is 35.6 Å². The lowest BCUT2D eigenvalue weighted by Crippen LogP contribution is -2.29. The number of hydrogen-bond donors (Lipinski definition) is 1. The number of nitrogens with zero attached hydrogens (tertiary/aromatic N) is 1. The minimum absolute atomic E-state index is 0.0128. The molecule has 0 saturated heterocycles. The Hall–Kier alpha value is -1.26. The molecule has 0 aliphatic carbocycles. The molecule has 0 saturated carbocycles. The van der Waals surface area contributed by atoms with Crippen LogP contribution in [0.1, 0.15) is 10.4 Å². The van der Waals surface area contributed by atoms with Crippen molar-refractivity contribution in [3.63, 3.8) is 0 Å². The van der Waals surface area contributed by atoms with Crippen LogP contribution in [0.4, 0.5) is 4.39 Å². The minimum Gasteiger partial charge on any atom is -0.395 e. The molecule has 0 aliphatic rings. The van der Waals surface area contributed by atoms with Crippen LogP contribution < -0.4 is 0 Å². The number of carbonyl (C=O) groups is 1. The van der Waals surface area contributed by atoms with Crippen molar-refractivity contribution in [2.45, 2.75) is 0 Å². The summed E-state index contributed by atoms with van der Waals surface area (Å²) in [6.45, 7) is 0.503. The Bertz CT molecular complexity index is 341. The zero-order chi connectivity index (χ0) is 11.3. The molecule has 1 rings (SSSR count). The van der Waals surface area contributed by atoms with E-state index in [1.165, 1.54) is 12.1 Å². The van der Waals surface area contributed by atoms with Gasteiger partial charge in [0, 0.05) is 6.54 Å². The number of rotatable bonds is 5. The van der Waals surface area contributed by atoms with Crippen molar-refractivity contribution in [1.82, 2.24) is 4.90 Å². The van der Waals surface area contributed by atoms with E-state index in [0.717, 1.165) is 0 Å². The molecule has 1 aromatic carbocycles. The SMILES string of the molecule is CN(CCO)CC(=O)c1ccccc1F. The first-order valence-corrected chi connectivity index (χ1v) is 4.72. The maximum atomic E-state index is 13.2. The quantitative estimate of drug-likeness (QED) is 0.737. The predicted molar refractivity (Wildman–Crippen MR) is 55.3 cm³/mol. The van der Waals surface area contributed by atoms with Crippen molar-refractivity contribution < 1.29 is 14.3 Å². The fourth-order valence-corrected chi connectivity index (χ4v) is 1.27. The molecule has 0 unspecified atom stereocenters. The van der Waals surface area contributed by atoms with E-state index in [1.54, 1.807) is 24.1 Å². The Kier molecular flexibility index (Phi) is 4.39. The lowest BCUT2D eigenvalue weighted by molar-refractivity contribution is 0.0932. The molecule has 0 radical (unpaired) electrons. The van der Waals surface area contributed by atoms with Crippen molar-refractivity contribution in [1.29, 1.82) is 0 Å². The van der Waals surface area contributed by atoms with Crippen molar-refractivity contribution in [3.8, 4) is 0 Å². The molecule has 4 heteroatoms. The third-order valence-corrected chi connectivity index (χ3v) is 2.07. The van der Waals surface area contributed by atoms with Crippen LogP contribution in [0, 0.1) is 5.82 Å². The summed E-state index contributed by atoms with van der Waals surface area (Å²) in [6.07, 6.45) is 0. The largest absolute Gasteiger partial charge is 0.395 e. The molecule has 0 aromatic heterocycles. The molecular formula is C11H14FNO2. The smallest absolute Gasteiger partial charge is 0.179 e. The van der Waals surface area contributed by atoms with Crippen LogP contribution in [0.25, 0.3) is 0 Å². The van der Waals surface area contributed by atoms with Crippen LogP contribution in [-0.4, -0.2) is 42.5 Å². The van der Waals surface area contributed by atoms with E-state index < -0.39 is 5.82 Å². The first kappa shape index (κ1) is 11.8. The predicted octanol–water partition coefficient (Wildman–Crippen LogP) is 0.932.